The molecule has 0 radical (unpaired) electrons. The van der Waals surface area contributed by atoms with Crippen LogP contribution in [0, 0.1) is 29.2 Å². The van der Waals surface area contributed by atoms with Gasteiger partial charge in [-0.25, -0.2) is 17.6 Å². The summed E-state index contributed by atoms with van der Waals surface area (Å²) >= 11 is 0. The molecule has 4 rings (SSSR count). The summed E-state index contributed by atoms with van der Waals surface area (Å²) in [5.41, 5.74) is 0.868. The topological polar surface area (TPSA) is 3.24 Å². The van der Waals surface area contributed by atoms with Crippen LogP contribution in [0.15, 0.2) is 36.4 Å². The molecule has 2 saturated heterocycles. The second kappa shape index (κ2) is 7.27. The van der Waals surface area contributed by atoms with E-state index in [0.717, 1.165) is 25.0 Å². The van der Waals surface area contributed by atoms with Crippen LogP contribution in [-0.2, 0) is 0 Å². The van der Waals surface area contributed by atoms with E-state index in [-0.39, 0.29) is 0 Å². The van der Waals surface area contributed by atoms with Gasteiger partial charge in [-0.05, 0) is 80.5 Å². The molecule has 2 aliphatic rings. The molecule has 5 heteroatoms. The fourth-order valence-electron chi connectivity index (χ4n) is 5.07. The number of benzene rings is 2. The second-order valence-corrected chi connectivity index (χ2v) is 8.08. The van der Waals surface area contributed by atoms with Crippen LogP contribution in [0.3, 0.4) is 0 Å². The Balaban J connectivity index is 1.68. The van der Waals surface area contributed by atoms with E-state index >= 15 is 0 Å². The van der Waals surface area contributed by atoms with Crippen molar-refractivity contribution in [1.82, 2.24) is 4.90 Å². The van der Waals surface area contributed by atoms with Gasteiger partial charge in [0, 0.05) is 30.1 Å². The average molecular weight is 377 g/mol. The monoisotopic (exact) mass is 377 g/mol. The highest BCUT2D eigenvalue weighted by Crippen LogP contribution is 2.43. The summed E-state index contributed by atoms with van der Waals surface area (Å²) in [5, 5.41) is 0. The Labute approximate surface area is 157 Å². The number of hydrogen-bond donors (Lipinski definition) is 0. The van der Waals surface area contributed by atoms with Crippen LogP contribution in [0.1, 0.15) is 49.1 Å². The van der Waals surface area contributed by atoms with Crippen molar-refractivity contribution in [2.75, 3.05) is 7.05 Å². The van der Waals surface area contributed by atoms with Crippen LogP contribution in [0.2, 0.25) is 0 Å². The molecule has 27 heavy (non-hydrogen) atoms. The first-order valence-electron chi connectivity index (χ1n) is 9.53. The van der Waals surface area contributed by atoms with Gasteiger partial charge in [0.1, 0.15) is 23.3 Å². The van der Waals surface area contributed by atoms with Crippen molar-refractivity contribution in [1.29, 1.82) is 0 Å². The molecule has 0 N–H and O–H groups in total. The Bertz CT molecular complexity index is 731. The number of hydrogen-bond acceptors (Lipinski definition) is 1. The maximum atomic E-state index is 13.8. The number of piperidine rings is 1. The Kier molecular flexibility index (Phi) is 4.97. The molecule has 2 heterocycles. The van der Waals surface area contributed by atoms with E-state index in [2.05, 4.69) is 11.9 Å². The number of nitrogens with zero attached hydrogens (tertiary/aromatic N) is 1. The van der Waals surface area contributed by atoms with Crippen LogP contribution >= 0.6 is 0 Å². The number of fused-ring (bicyclic) bond motifs is 2. The third-order valence-corrected chi connectivity index (χ3v) is 6.34. The van der Waals surface area contributed by atoms with Crippen molar-refractivity contribution in [3.63, 3.8) is 0 Å². The maximum absolute atomic E-state index is 13.8. The van der Waals surface area contributed by atoms with Gasteiger partial charge in [0.2, 0.25) is 0 Å². The minimum atomic E-state index is -0.671. The van der Waals surface area contributed by atoms with Crippen LogP contribution in [0.4, 0.5) is 17.6 Å². The zero-order chi connectivity index (χ0) is 19.1. The van der Waals surface area contributed by atoms with Gasteiger partial charge in [-0.15, -0.1) is 0 Å². The molecule has 2 bridgehead atoms. The summed E-state index contributed by atoms with van der Waals surface area (Å²) in [5.74, 6) is -2.76. The molecular weight excluding hydrogens is 354 g/mol. The largest absolute Gasteiger partial charge is 0.300 e. The standard InChI is InChI=1S/C22H23F4N/c1-27-20-2-3-21(27)5-13(4-20)6-22(14-7-16(23)11-17(24)8-14)15-9-18(25)12-19(26)10-15/h7-13,20-22H,2-6H2,1H3/t13-,20+,21-. The Hall–Kier alpha value is -1.88. The predicted molar refractivity (Wildman–Crippen MR) is 96.5 cm³/mol. The van der Waals surface area contributed by atoms with Crippen LogP contribution < -0.4 is 0 Å². The fraction of sp³-hybridized carbons (Fsp3) is 0.455. The lowest BCUT2D eigenvalue weighted by Crippen LogP contribution is -2.40. The van der Waals surface area contributed by atoms with Crippen molar-refractivity contribution in [3.05, 3.63) is 70.8 Å². The molecule has 3 atom stereocenters. The first-order chi connectivity index (χ1) is 12.9. The van der Waals surface area contributed by atoms with Gasteiger partial charge < -0.3 is 4.90 Å². The molecule has 0 amide bonds. The summed E-state index contributed by atoms with van der Waals surface area (Å²) in [4.78, 5) is 2.43. The van der Waals surface area contributed by atoms with Crippen LogP contribution in [0.25, 0.3) is 0 Å². The molecule has 0 unspecified atom stereocenters. The lowest BCUT2D eigenvalue weighted by Gasteiger charge is -2.38. The SMILES string of the molecule is CN1[C@@H]2CC[C@H]1C[C@@H](CC(c1cc(F)cc(F)c1)c1cc(F)cc(F)c1)C2. The third-order valence-electron chi connectivity index (χ3n) is 6.34. The van der Waals surface area contributed by atoms with E-state index < -0.39 is 29.2 Å². The molecule has 0 saturated carbocycles. The lowest BCUT2D eigenvalue weighted by atomic mass is 9.78. The van der Waals surface area contributed by atoms with Gasteiger partial charge in [0.25, 0.3) is 0 Å². The lowest BCUT2D eigenvalue weighted by molar-refractivity contribution is 0.127. The van der Waals surface area contributed by atoms with Crippen LogP contribution in [-0.4, -0.2) is 24.0 Å². The van der Waals surface area contributed by atoms with Crippen LogP contribution in [0.5, 0.6) is 0 Å². The average Bonchev–Trinajstić information content (AvgIpc) is 2.79. The minimum absolute atomic E-state index is 0.362. The molecule has 2 fully saturated rings. The maximum Gasteiger partial charge on any atom is 0.126 e. The van der Waals surface area contributed by atoms with E-state index in [9.17, 15) is 17.6 Å². The van der Waals surface area contributed by atoms with E-state index in [0.29, 0.717) is 35.5 Å². The van der Waals surface area contributed by atoms with Gasteiger partial charge in [-0.2, -0.15) is 0 Å². The summed E-state index contributed by atoms with van der Waals surface area (Å²) in [6.45, 7) is 0. The Morgan fingerprint density at radius 2 is 1.19 bits per heavy atom. The molecular formula is C22H23F4N. The second-order valence-electron chi connectivity index (χ2n) is 8.08. The van der Waals surface area contributed by atoms with E-state index in [1.54, 1.807) is 0 Å². The zero-order valence-electron chi connectivity index (χ0n) is 15.3. The Morgan fingerprint density at radius 1 is 0.778 bits per heavy atom. The fourth-order valence-corrected chi connectivity index (χ4v) is 5.07. The van der Waals surface area contributed by atoms with Gasteiger partial charge >= 0.3 is 0 Å². The first kappa shape index (κ1) is 18.5. The molecule has 2 aromatic carbocycles. The van der Waals surface area contributed by atoms with Gasteiger partial charge in [-0.1, -0.05) is 0 Å². The van der Waals surface area contributed by atoms with E-state index in [1.807, 2.05) is 0 Å². The van der Waals surface area contributed by atoms with Crippen molar-refractivity contribution in [2.24, 2.45) is 5.92 Å². The van der Waals surface area contributed by atoms with E-state index in [1.165, 1.54) is 37.1 Å². The Morgan fingerprint density at radius 3 is 1.59 bits per heavy atom. The molecule has 0 aliphatic carbocycles. The molecule has 2 aliphatic heterocycles. The smallest absolute Gasteiger partial charge is 0.126 e. The normalized spacial score (nSPS) is 25.3. The summed E-state index contributed by atoms with van der Waals surface area (Å²) in [6.07, 6.45) is 5.00. The molecule has 1 nitrogen and oxygen atoms in total. The molecule has 2 aromatic rings. The first-order valence-corrected chi connectivity index (χ1v) is 9.53. The summed E-state index contributed by atoms with van der Waals surface area (Å²) < 4.78 is 55.3. The third kappa shape index (κ3) is 3.88. The molecule has 144 valence electrons. The van der Waals surface area contributed by atoms with Gasteiger partial charge in [0.15, 0.2) is 0 Å². The van der Waals surface area contributed by atoms with Gasteiger partial charge in [-0.3, -0.25) is 0 Å². The van der Waals surface area contributed by atoms with Crippen molar-refractivity contribution in [3.8, 4) is 0 Å². The van der Waals surface area contributed by atoms with E-state index in [4.69, 9.17) is 0 Å². The molecule has 0 spiro atoms. The summed E-state index contributed by atoms with van der Waals surface area (Å²) in [7, 11) is 2.15. The number of rotatable bonds is 4. The quantitative estimate of drug-likeness (QED) is 0.624. The number of halogens is 4. The van der Waals surface area contributed by atoms with Crippen molar-refractivity contribution >= 4 is 0 Å². The van der Waals surface area contributed by atoms with Crippen molar-refractivity contribution in [2.45, 2.75) is 50.1 Å². The van der Waals surface area contributed by atoms with Crippen molar-refractivity contribution < 1.29 is 17.6 Å². The summed E-state index contributed by atoms with van der Waals surface area (Å²) in [6, 6.07) is 7.82. The highest BCUT2D eigenvalue weighted by Gasteiger charge is 2.39. The minimum Gasteiger partial charge on any atom is -0.300 e. The molecule has 0 aromatic heterocycles. The van der Waals surface area contributed by atoms with Gasteiger partial charge in [0.05, 0.1) is 0 Å². The highest BCUT2D eigenvalue weighted by molar-refractivity contribution is 5.34. The predicted octanol–water partition coefficient (Wildman–Crippen LogP) is 5.64. The zero-order valence-corrected chi connectivity index (χ0v) is 15.3. The highest BCUT2D eigenvalue weighted by atomic mass is 19.1.